The van der Waals surface area contributed by atoms with Crippen LogP contribution < -0.4 is 16.1 Å². The molecule has 0 aromatic heterocycles. The summed E-state index contributed by atoms with van der Waals surface area (Å²) in [7, 11) is 0. The SMILES string of the molecule is NC(=S)NN=Cc1cc(F)c(N2CCN(CC3CCCO3)CC2)c(F)c1. The van der Waals surface area contributed by atoms with Crippen LogP contribution in [0, 0.1) is 11.6 Å². The molecule has 3 N–H and O–H groups in total. The van der Waals surface area contributed by atoms with Gasteiger partial charge in [-0.05, 0) is 37.2 Å². The number of ether oxygens (including phenoxy) is 1. The zero-order valence-electron chi connectivity index (χ0n) is 14.5. The number of nitrogens with one attached hydrogen (secondary N) is 1. The van der Waals surface area contributed by atoms with E-state index in [0.29, 0.717) is 24.8 Å². The number of anilines is 1. The molecule has 2 aliphatic heterocycles. The van der Waals surface area contributed by atoms with Crippen molar-refractivity contribution in [3.63, 3.8) is 0 Å². The summed E-state index contributed by atoms with van der Waals surface area (Å²) in [5.41, 5.74) is 7.90. The second kappa shape index (κ2) is 8.70. The van der Waals surface area contributed by atoms with E-state index in [1.807, 2.05) is 0 Å². The predicted molar refractivity (Wildman–Crippen MR) is 102 cm³/mol. The van der Waals surface area contributed by atoms with E-state index in [1.165, 1.54) is 18.3 Å². The number of rotatable bonds is 5. The number of benzene rings is 1. The van der Waals surface area contributed by atoms with E-state index in [2.05, 4.69) is 27.6 Å². The summed E-state index contributed by atoms with van der Waals surface area (Å²) in [5.74, 6) is -1.20. The van der Waals surface area contributed by atoms with E-state index in [1.54, 1.807) is 4.90 Å². The van der Waals surface area contributed by atoms with E-state index < -0.39 is 11.6 Å². The molecular weight excluding hydrogens is 360 g/mol. The summed E-state index contributed by atoms with van der Waals surface area (Å²) in [6.07, 6.45) is 3.78. The number of hydrogen-bond acceptors (Lipinski definition) is 5. The monoisotopic (exact) mass is 383 g/mol. The van der Waals surface area contributed by atoms with Gasteiger partial charge >= 0.3 is 0 Å². The number of nitrogens with two attached hydrogens (primary N) is 1. The van der Waals surface area contributed by atoms with Gasteiger partial charge in [0.25, 0.3) is 0 Å². The molecule has 3 rings (SSSR count). The third-order valence-corrected chi connectivity index (χ3v) is 4.69. The average Bonchev–Trinajstić information content (AvgIpc) is 3.08. The lowest BCUT2D eigenvalue weighted by atomic mass is 10.1. The van der Waals surface area contributed by atoms with Crippen LogP contribution in [0.1, 0.15) is 18.4 Å². The van der Waals surface area contributed by atoms with Crippen LogP contribution >= 0.6 is 12.2 Å². The van der Waals surface area contributed by atoms with Crippen LogP contribution in [-0.2, 0) is 4.74 Å². The lowest BCUT2D eigenvalue weighted by Gasteiger charge is -2.37. The van der Waals surface area contributed by atoms with Gasteiger partial charge in [0.05, 0.1) is 12.3 Å². The molecule has 1 aromatic rings. The Morgan fingerprint density at radius 3 is 2.58 bits per heavy atom. The van der Waals surface area contributed by atoms with Crippen LogP contribution in [0.15, 0.2) is 17.2 Å². The fourth-order valence-electron chi connectivity index (χ4n) is 3.36. The molecule has 2 heterocycles. The summed E-state index contributed by atoms with van der Waals surface area (Å²) >= 11 is 4.61. The summed E-state index contributed by atoms with van der Waals surface area (Å²) in [4.78, 5) is 4.05. The highest BCUT2D eigenvalue weighted by atomic mass is 32.1. The first-order valence-corrected chi connectivity index (χ1v) is 9.10. The molecule has 0 amide bonds. The van der Waals surface area contributed by atoms with Crippen LogP contribution in [0.25, 0.3) is 0 Å². The molecule has 1 unspecified atom stereocenters. The molecule has 0 saturated carbocycles. The molecule has 1 atom stereocenters. The van der Waals surface area contributed by atoms with E-state index in [-0.39, 0.29) is 10.8 Å². The van der Waals surface area contributed by atoms with Crippen molar-refractivity contribution in [2.24, 2.45) is 10.8 Å². The molecule has 6 nitrogen and oxygen atoms in total. The normalized spacial score (nSPS) is 21.5. The lowest BCUT2D eigenvalue weighted by molar-refractivity contribution is 0.0712. The Bertz CT molecular complexity index is 650. The number of hydrogen-bond donors (Lipinski definition) is 2. The summed E-state index contributed by atoms with van der Waals surface area (Å²) in [6.45, 7) is 4.42. The zero-order chi connectivity index (χ0) is 18.5. The van der Waals surface area contributed by atoms with Gasteiger partial charge in [-0.2, -0.15) is 5.10 Å². The minimum absolute atomic E-state index is 0.0142. The van der Waals surface area contributed by atoms with Crippen molar-refractivity contribution in [3.05, 3.63) is 29.3 Å². The zero-order valence-corrected chi connectivity index (χ0v) is 15.3. The first-order chi connectivity index (χ1) is 12.5. The Morgan fingerprint density at radius 1 is 1.31 bits per heavy atom. The number of hydrazone groups is 1. The molecule has 26 heavy (non-hydrogen) atoms. The minimum Gasteiger partial charge on any atom is -0.377 e. The highest BCUT2D eigenvalue weighted by molar-refractivity contribution is 7.80. The molecule has 2 aliphatic rings. The maximum absolute atomic E-state index is 14.5. The Morgan fingerprint density at radius 2 is 2.00 bits per heavy atom. The molecule has 0 spiro atoms. The maximum Gasteiger partial charge on any atom is 0.184 e. The molecular formula is C17H23F2N5OS. The van der Waals surface area contributed by atoms with Crippen LogP contribution in [0.4, 0.5) is 14.5 Å². The summed E-state index contributed by atoms with van der Waals surface area (Å²) in [5, 5.41) is 3.70. The summed E-state index contributed by atoms with van der Waals surface area (Å²) in [6, 6.07) is 2.50. The van der Waals surface area contributed by atoms with Gasteiger partial charge in [0.15, 0.2) is 5.11 Å². The number of halogens is 2. The van der Waals surface area contributed by atoms with Gasteiger partial charge in [0, 0.05) is 44.9 Å². The van der Waals surface area contributed by atoms with Crippen LogP contribution in [0.3, 0.4) is 0 Å². The van der Waals surface area contributed by atoms with E-state index in [9.17, 15) is 8.78 Å². The minimum atomic E-state index is -0.602. The van der Waals surface area contributed by atoms with Crippen molar-refractivity contribution in [1.29, 1.82) is 0 Å². The lowest BCUT2D eigenvalue weighted by Crippen LogP contribution is -2.49. The first kappa shape index (κ1) is 18.9. The highest BCUT2D eigenvalue weighted by Crippen LogP contribution is 2.26. The van der Waals surface area contributed by atoms with Gasteiger partial charge in [0.1, 0.15) is 17.3 Å². The van der Waals surface area contributed by atoms with Gasteiger partial charge in [-0.1, -0.05) is 0 Å². The third kappa shape index (κ3) is 4.87. The van der Waals surface area contributed by atoms with E-state index >= 15 is 0 Å². The van der Waals surface area contributed by atoms with Crippen LogP contribution in [0.2, 0.25) is 0 Å². The third-order valence-electron chi connectivity index (χ3n) is 4.60. The highest BCUT2D eigenvalue weighted by Gasteiger charge is 2.25. The molecule has 9 heteroatoms. The van der Waals surface area contributed by atoms with Crippen molar-refractivity contribution < 1.29 is 13.5 Å². The van der Waals surface area contributed by atoms with Gasteiger partial charge < -0.3 is 15.4 Å². The Hall–Kier alpha value is -1.84. The second-order valence-corrected chi connectivity index (χ2v) is 6.93. The Balaban J connectivity index is 1.60. The van der Waals surface area contributed by atoms with Crippen molar-refractivity contribution in [1.82, 2.24) is 10.3 Å². The van der Waals surface area contributed by atoms with Crippen molar-refractivity contribution in [3.8, 4) is 0 Å². The number of thiocarbonyl (C=S) groups is 1. The van der Waals surface area contributed by atoms with Gasteiger partial charge in [-0.15, -0.1) is 0 Å². The first-order valence-electron chi connectivity index (χ1n) is 8.69. The van der Waals surface area contributed by atoms with E-state index in [4.69, 9.17) is 10.5 Å². The number of piperazine rings is 1. The van der Waals surface area contributed by atoms with Crippen LogP contribution in [-0.4, -0.2) is 61.7 Å². The molecule has 2 saturated heterocycles. The van der Waals surface area contributed by atoms with Crippen molar-refractivity contribution >= 4 is 29.2 Å². The summed E-state index contributed by atoms with van der Waals surface area (Å²) < 4.78 is 34.6. The maximum atomic E-state index is 14.5. The Kier molecular flexibility index (Phi) is 6.33. The van der Waals surface area contributed by atoms with Crippen molar-refractivity contribution in [2.45, 2.75) is 18.9 Å². The molecule has 0 bridgehead atoms. The van der Waals surface area contributed by atoms with Crippen molar-refractivity contribution in [2.75, 3.05) is 44.2 Å². The molecule has 0 radical (unpaired) electrons. The standard InChI is InChI=1S/C17H23F2N5OS/c18-14-8-12(10-21-22-17(20)26)9-15(19)16(14)24-5-3-23(4-6-24)11-13-2-1-7-25-13/h8-10,13H,1-7,11H2,(H3,20,22,26). The van der Waals surface area contributed by atoms with Gasteiger partial charge in [0.2, 0.25) is 0 Å². The van der Waals surface area contributed by atoms with E-state index in [0.717, 1.165) is 39.1 Å². The fourth-order valence-corrected chi connectivity index (χ4v) is 3.42. The topological polar surface area (TPSA) is 66.1 Å². The molecule has 142 valence electrons. The number of nitrogens with zero attached hydrogens (tertiary/aromatic N) is 3. The average molecular weight is 383 g/mol. The molecule has 0 aliphatic carbocycles. The van der Waals surface area contributed by atoms with Gasteiger partial charge in [-0.3, -0.25) is 10.3 Å². The smallest absolute Gasteiger partial charge is 0.184 e. The van der Waals surface area contributed by atoms with Gasteiger partial charge in [-0.25, -0.2) is 8.78 Å². The molecule has 1 aromatic carbocycles. The Labute approximate surface area is 157 Å². The quantitative estimate of drug-likeness (QED) is 0.456. The predicted octanol–water partition coefficient (Wildman–Crippen LogP) is 1.43. The van der Waals surface area contributed by atoms with Crippen LogP contribution in [0.5, 0.6) is 0 Å². The largest absolute Gasteiger partial charge is 0.377 e. The molecule has 2 fully saturated rings. The second-order valence-electron chi connectivity index (χ2n) is 6.49. The fraction of sp³-hybridized carbons (Fsp3) is 0.529.